The van der Waals surface area contributed by atoms with Crippen LogP contribution in [0, 0.1) is 6.92 Å². The van der Waals surface area contributed by atoms with Crippen LogP contribution in [0.4, 0.5) is 10.5 Å². The van der Waals surface area contributed by atoms with E-state index in [9.17, 15) is 4.79 Å². The second-order valence-electron chi connectivity index (χ2n) is 5.26. The lowest BCUT2D eigenvalue weighted by atomic mass is 10.1. The van der Waals surface area contributed by atoms with Crippen molar-refractivity contribution in [3.05, 3.63) is 72.3 Å². The van der Waals surface area contributed by atoms with Crippen molar-refractivity contribution in [2.24, 2.45) is 0 Å². The van der Waals surface area contributed by atoms with Gasteiger partial charge in [-0.15, -0.1) is 0 Å². The molecule has 2 N–H and O–H groups in total. The Morgan fingerprint density at radius 3 is 2.52 bits per heavy atom. The molecule has 0 unspecified atom stereocenters. The van der Waals surface area contributed by atoms with Gasteiger partial charge in [-0.2, -0.15) is 0 Å². The molecule has 0 aromatic heterocycles. The van der Waals surface area contributed by atoms with Gasteiger partial charge in [-0.25, -0.2) is 4.79 Å². The predicted molar refractivity (Wildman–Crippen MR) is 92.8 cm³/mol. The van der Waals surface area contributed by atoms with Crippen LogP contribution in [-0.2, 0) is 0 Å². The van der Waals surface area contributed by atoms with Crippen LogP contribution < -0.4 is 15.4 Å². The molecular weight excluding hydrogens is 288 g/mol. The third-order valence-electron chi connectivity index (χ3n) is 3.53. The number of aryl methyl sites for hydroxylation is 1. The molecule has 3 aromatic rings. The number of benzene rings is 3. The third kappa shape index (κ3) is 3.80. The molecule has 0 aliphatic carbocycles. The summed E-state index contributed by atoms with van der Waals surface area (Å²) in [5.74, 6) is 0.723. The molecule has 0 radical (unpaired) electrons. The van der Waals surface area contributed by atoms with Gasteiger partial charge in [0.15, 0.2) is 6.73 Å². The number of rotatable bonds is 4. The second-order valence-corrected chi connectivity index (χ2v) is 5.26. The van der Waals surface area contributed by atoms with Crippen LogP contribution in [0.2, 0.25) is 0 Å². The summed E-state index contributed by atoms with van der Waals surface area (Å²) < 4.78 is 5.48. The third-order valence-corrected chi connectivity index (χ3v) is 3.53. The van der Waals surface area contributed by atoms with Gasteiger partial charge >= 0.3 is 6.03 Å². The number of fused-ring (bicyclic) bond motifs is 1. The van der Waals surface area contributed by atoms with Crippen molar-refractivity contribution in [2.75, 3.05) is 12.0 Å². The maximum atomic E-state index is 12.0. The van der Waals surface area contributed by atoms with E-state index in [4.69, 9.17) is 4.74 Å². The van der Waals surface area contributed by atoms with E-state index in [0.29, 0.717) is 0 Å². The maximum Gasteiger partial charge on any atom is 0.321 e. The van der Waals surface area contributed by atoms with E-state index in [1.807, 2.05) is 73.7 Å². The van der Waals surface area contributed by atoms with Gasteiger partial charge in [-0.1, -0.05) is 54.1 Å². The lowest BCUT2D eigenvalue weighted by Crippen LogP contribution is -2.32. The first-order valence-corrected chi connectivity index (χ1v) is 7.44. The van der Waals surface area contributed by atoms with Crippen molar-refractivity contribution in [1.82, 2.24) is 5.32 Å². The number of nitrogens with one attached hydrogen (secondary N) is 2. The first-order chi connectivity index (χ1) is 11.2. The molecule has 0 saturated heterocycles. The molecule has 0 heterocycles. The van der Waals surface area contributed by atoms with Gasteiger partial charge in [0.2, 0.25) is 0 Å². The van der Waals surface area contributed by atoms with Crippen LogP contribution in [0.15, 0.2) is 66.7 Å². The Morgan fingerprint density at radius 1 is 0.957 bits per heavy atom. The highest BCUT2D eigenvalue weighted by Gasteiger charge is 2.04. The van der Waals surface area contributed by atoms with Crippen LogP contribution in [0.1, 0.15) is 5.56 Å². The number of hydrogen-bond donors (Lipinski definition) is 2. The summed E-state index contributed by atoms with van der Waals surface area (Å²) in [5, 5.41) is 7.63. The molecule has 4 heteroatoms. The number of urea groups is 1. The summed E-state index contributed by atoms with van der Waals surface area (Å²) in [6.45, 7) is 2.12. The Hall–Kier alpha value is -3.01. The highest BCUT2D eigenvalue weighted by atomic mass is 16.5. The summed E-state index contributed by atoms with van der Waals surface area (Å²) in [5.41, 5.74) is 1.94. The number of amides is 2. The van der Waals surface area contributed by atoms with Crippen LogP contribution in [-0.4, -0.2) is 12.8 Å². The highest BCUT2D eigenvalue weighted by molar-refractivity contribution is 6.01. The van der Waals surface area contributed by atoms with E-state index in [-0.39, 0.29) is 12.8 Å². The fraction of sp³-hybridized carbons (Fsp3) is 0.105. The quantitative estimate of drug-likeness (QED) is 0.706. The lowest BCUT2D eigenvalue weighted by Gasteiger charge is -2.11. The number of anilines is 1. The summed E-state index contributed by atoms with van der Waals surface area (Å²) in [6, 6.07) is 21.1. The van der Waals surface area contributed by atoms with Crippen LogP contribution in [0.3, 0.4) is 0 Å². The number of ether oxygens (including phenoxy) is 1. The van der Waals surface area contributed by atoms with Gasteiger partial charge in [0.25, 0.3) is 0 Å². The predicted octanol–water partition coefficient (Wildman–Crippen LogP) is 4.31. The Labute approximate surface area is 135 Å². The molecule has 0 atom stereocenters. The lowest BCUT2D eigenvalue weighted by molar-refractivity contribution is 0.234. The first-order valence-electron chi connectivity index (χ1n) is 7.44. The van der Waals surface area contributed by atoms with Crippen LogP contribution >= 0.6 is 0 Å². The molecule has 0 bridgehead atoms. The minimum absolute atomic E-state index is 0.111. The summed E-state index contributed by atoms with van der Waals surface area (Å²) in [4.78, 5) is 12.0. The molecule has 2 amide bonds. The Balaban J connectivity index is 1.57. The SMILES string of the molecule is Cc1ccc(OCNC(=O)Nc2cccc3ccccc23)cc1. The molecule has 0 spiro atoms. The molecule has 0 aliphatic rings. The van der Waals surface area contributed by atoms with Gasteiger partial charge in [0.1, 0.15) is 5.75 Å². The van der Waals surface area contributed by atoms with Crippen molar-refractivity contribution in [1.29, 1.82) is 0 Å². The average Bonchev–Trinajstić information content (AvgIpc) is 2.57. The molecule has 116 valence electrons. The molecule has 0 saturated carbocycles. The highest BCUT2D eigenvalue weighted by Crippen LogP contribution is 2.22. The van der Waals surface area contributed by atoms with Crippen molar-refractivity contribution in [3.63, 3.8) is 0 Å². The van der Waals surface area contributed by atoms with E-state index in [0.717, 1.165) is 22.2 Å². The first kappa shape index (κ1) is 14.9. The molecule has 0 aliphatic heterocycles. The van der Waals surface area contributed by atoms with Gasteiger partial charge in [0, 0.05) is 5.39 Å². The summed E-state index contributed by atoms with van der Waals surface area (Å²) in [7, 11) is 0. The summed E-state index contributed by atoms with van der Waals surface area (Å²) in [6.07, 6.45) is 0. The fourth-order valence-corrected chi connectivity index (χ4v) is 2.32. The van der Waals surface area contributed by atoms with Crippen LogP contribution in [0.25, 0.3) is 10.8 Å². The molecule has 3 aromatic carbocycles. The number of hydrogen-bond acceptors (Lipinski definition) is 2. The standard InChI is InChI=1S/C19H18N2O2/c1-14-9-11-16(12-10-14)23-13-20-19(22)21-18-8-4-6-15-5-2-3-7-17(15)18/h2-12H,13H2,1H3,(H2,20,21,22). The van der Waals surface area contributed by atoms with Crippen molar-refractivity contribution >= 4 is 22.5 Å². The Kier molecular flexibility index (Phi) is 4.43. The molecule has 23 heavy (non-hydrogen) atoms. The number of carbonyl (C=O) groups is 1. The molecular formula is C19H18N2O2. The Morgan fingerprint density at radius 2 is 1.70 bits per heavy atom. The van der Waals surface area contributed by atoms with E-state index < -0.39 is 0 Å². The van der Waals surface area contributed by atoms with Crippen molar-refractivity contribution in [3.8, 4) is 5.75 Å². The minimum atomic E-state index is -0.298. The molecule has 4 nitrogen and oxygen atoms in total. The van der Waals surface area contributed by atoms with E-state index in [2.05, 4.69) is 10.6 Å². The monoisotopic (exact) mass is 306 g/mol. The van der Waals surface area contributed by atoms with Gasteiger partial charge in [-0.3, -0.25) is 0 Å². The Bertz CT molecular complexity index is 808. The minimum Gasteiger partial charge on any atom is -0.473 e. The van der Waals surface area contributed by atoms with Gasteiger partial charge in [0.05, 0.1) is 5.69 Å². The van der Waals surface area contributed by atoms with Crippen molar-refractivity contribution in [2.45, 2.75) is 6.92 Å². The zero-order valence-corrected chi connectivity index (χ0v) is 12.9. The van der Waals surface area contributed by atoms with Gasteiger partial charge in [-0.05, 0) is 30.5 Å². The fourth-order valence-electron chi connectivity index (χ4n) is 2.32. The maximum absolute atomic E-state index is 12.0. The summed E-state index contributed by atoms with van der Waals surface area (Å²) >= 11 is 0. The van der Waals surface area contributed by atoms with Crippen molar-refractivity contribution < 1.29 is 9.53 Å². The van der Waals surface area contributed by atoms with E-state index in [1.165, 1.54) is 5.56 Å². The van der Waals surface area contributed by atoms with Crippen LogP contribution in [0.5, 0.6) is 5.75 Å². The zero-order chi connectivity index (χ0) is 16.1. The molecule has 3 rings (SSSR count). The number of carbonyl (C=O) groups excluding carboxylic acids is 1. The smallest absolute Gasteiger partial charge is 0.321 e. The van der Waals surface area contributed by atoms with E-state index >= 15 is 0 Å². The largest absolute Gasteiger partial charge is 0.473 e. The normalized spacial score (nSPS) is 10.3. The van der Waals surface area contributed by atoms with E-state index in [1.54, 1.807) is 0 Å². The molecule has 0 fully saturated rings. The zero-order valence-electron chi connectivity index (χ0n) is 12.9. The average molecular weight is 306 g/mol. The van der Waals surface area contributed by atoms with Gasteiger partial charge < -0.3 is 15.4 Å². The second kappa shape index (κ2) is 6.83. The topological polar surface area (TPSA) is 50.4 Å².